The standard InChI is InChI=1S/C19H36.C15H26O.C14H22F2.2C13H21Cl.C10H18/c1-16(2)8-6-7-9-18-10-13-19(14-11-18,15-12-18)17(3,4)5;1-11(2)14-6-12-5-13(3,8-14)9-15(7-12,10-14)16-4;1-12(2,3)13-6-9-4-10(7-13)14(15,16)11(5-9)8-13;1-9(2)12-4-10-3-11(5-12)7-13(14,6-10)8-12;1-8(2)12-11-4-9-3-10(5-11)7-13(12,14)6-9;1-8(2)10-6-4-3-5-9(10)7-10/h16H,6-15H2,1-5H3;11-12H,5-10H2,1-4H3;9-11H,4-8H2,1-3H3;9-11H,3-8H2,1-2H3;8-12H,3-7H2,1-2H3;8-9H,3-7H2,1-2H3. The molecule has 21 rings (SSSR count). The van der Waals surface area contributed by atoms with Crippen molar-refractivity contribution in [2.75, 3.05) is 7.11 Å². The molecule has 21 fully saturated rings. The van der Waals surface area contributed by atoms with Crippen LogP contribution in [0.5, 0.6) is 0 Å². The van der Waals surface area contributed by atoms with E-state index in [0.717, 1.165) is 113 Å². The summed E-state index contributed by atoms with van der Waals surface area (Å²) < 4.78 is 34.1. The minimum absolute atomic E-state index is 0.194. The zero-order valence-electron chi connectivity index (χ0n) is 61.8. The third kappa shape index (κ3) is 13.7. The summed E-state index contributed by atoms with van der Waals surface area (Å²) in [6.45, 7) is 40.7. The average molecular weight is 1280 g/mol. The van der Waals surface area contributed by atoms with Crippen LogP contribution in [0.1, 0.15) is 355 Å². The zero-order chi connectivity index (χ0) is 64.6. The first kappa shape index (κ1) is 70.7. The Hall–Kier alpha value is 0.400. The molecule has 21 aliphatic carbocycles. The molecule has 18 bridgehead atoms. The predicted octanol–water partition coefficient (Wildman–Crippen LogP) is 26.6. The molecule has 0 aromatic heterocycles. The van der Waals surface area contributed by atoms with Gasteiger partial charge in [0.1, 0.15) is 0 Å². The summed E-state index contributed by atoms with van der Waals surface area (Å²) in [7, 11) is 1.95. The first-order valence-electron chi connectivity index (χ1n) is 39.6. The van der Waals surface area contributed by atoms with Crippen LogP contribution in [0.25, 0.3) is 0 Å². The van der Waals surface area contributed by atoms with Crippen LogP contribution in [0, 0.1) is 143 Å². The first-order chi connectivity index (χ1) is 41.3. The summed E-state index contributed by atoms with van der Waals surface area (Å²) in [5, 5.41) is 0. The molecule has 0 spiro atoms. The van der Waals surface area contributed by atoms with E-state index in [2.05, 4.69) is 118 Å². The highest BCUT2D eigenvalue weighted by Gasteiger charge is 2.67. The monoisotopic (exact) mass is 1280 g/mol. The van der Waals surface area contributed by atoms with Gasteiger partial charge in [-0.3, -0.25) is 0 Å². The number of hydrogen-bond donors (Lipinski definition) is 0. The fourth-order valence-electron chi connectivity index (χ4n) is 28.4. The zero-order valence-corrected chi connectivity index (χ0v) is 63.3. The number of rotatable bonds is 10. The van der Waals surface area contributed by atoms with Gasteiger partial charge in [-0.2, -0.15) is 0 Å². The van der Waals surface area contributed by atoms with Gasteiger partial charge < -0.3 is 4.74 Å². The Morgan fingerprint density at radius 1 is 0.483 bits per heavy atom. The van der Waals surface area contributed by atoms with Crippen LogP contribution in [-0.4, -0.2) is 28.4 Å². The summed E-state index contributed by atoms with van der Waals surface area (Å²) in [4.78, 5) is 0.428. The normalized spacial score (nSPS) is 48.9. The van der Waals surface area contributed by atoms with Crippen molar-refractivity contribution in [2.45, 2.75) is 377 Å². The number of halogens is 4. The maximum Gasteiger partial charge on any atom is 0.253 e. The second kappa shape index (κ2) is 25.0. The van der Waals surface area contributed by atoms with E-state index in [4.69, 9.17) is 27.9 Å². The molecule has 0 saturated heterocycles. The molecule has 514 valence electrons. The van der Waals surface area contributed by atoms with Crippen molar-refractivity contribution >= 4 is 23.2 Å². The van der Waals surface area contributed by atoms with Crippen molar-refractivity contribution in [1.29, 1.82) is 0 Å². The van der Waals surface area contributed by atoms with Crippen LogP contribution in [-0.2, 0) is 4.74 Å². The first-order valence-corrected chi connectivity index (χ1v) is 40.4. The van der Waals surface area contributed by atoms with Crippen molar-refractivity contribution in [3.8, 4) is 0 Å². The highest BCUT2D eigenvalue weighted by atomic mass is 35.5. The molecular weight excluding hydrogens is 1130 g/mol. The lowest BCUT2D eigenvalue weighted by atomic mass is 9.41. The van der Waals surface area contributed by atoms with Gasteiger partial charge >= 0.3 is 0 Å². The van der Waals surface area contributed by atoms with Crippen LogP contribution in [0.15, 0.2) is 0 Å². The molecule has 0 amide bonds. The van der Waals surface area contributed by atoms with Gasteiger partial charge in [-0.1, -0.05) is 150 Å². The van der Waals surface area contributed by atoms with Crippen molar-refractivity contribution in [2.24, 2.45) is 143 Å². The van der Waals surface area contributed by atoms with Gasteiger partial charge in [-0.15, -0.1) is 23.2 Å². The lowest BCUT2D eigenvalue weighted by molar-refractivity contribution is -0.246. The van der Waals surface area contributed by atoms with Crippen LogP contribution in [0.4, 0.5) is 8.78 Å². The molecule has 21 aliphatic rings. The molecule has 0 aromatic carbocycles. The fourth-order valence-corrected chi connectivity index (χ4v) is 29.9. The summed E-state index contributed by atoms with van der Waals surface area (Å²) >= 11 is 13.7. The molecule has 0 aliphatic heterocycles. The van der Waals surface area contributed by atoms with Crippen molar-refractivity contribution in [1.82, 2.24) is 0 Å². The minimum atomic E-state index is -2.36. The number of ether oxygens (including phenoxy) is 1. The summed E-state index contributed by atoms with van der Waals surface area (Å²) in [5.74, 6) is 9.71. The second-order valence-electron chi connectivity index (χ2n) is 42.0. The lowest BCUT2D eigenvalue weighted by Crippen LogP contribution is -2.61. The van der Waals surface area contributed by atoms with Gasteiger partial charge in [-0.25, -0.2) is 8.78 Å². The van der Waals surface area contributed by atoms with Gasteiger partial charge in [0.05, 0.1) is 5.60 Å². The van der Waals surface area contributed by atoms with Crippen molar-refractivity contribution in [3.63, 3.8) is 0 Å². The van der Waals surface area contributed by atoms with Crippen LogP contribution < -0.4 is 0 Å². The Labute approximate surface area is 560 Å². The maximum atomic E-state index is 14.1. The average Bonchev–Trinajstić information content (AvgIpc) is 1.40. The molecule has 0 N–H and O–H groups in total. The minimum Gasteiger partial charge on any atom is -0.378 e. The van der Waals surface area contributed by atoms with Gasteiger partial charge in [0.25, 0.3) is 5.92 Å². The Kier molecular flexibility index (Phi) is 19.8. The highest BCUT2D eigenvalue weighted by molar-refractivity contribution is 6.24. The van der Waals surface area contributed by atoms with E-state index < -0.39 is 5.92 Å². The number of fused-ring (bicyclic) bond motifs is 4. The summed E-state index contributed by atoms with van der Waals surface area (Å²) in [6, 6.07) is 0. The second-order valence-corrected chi connectivity index (χ2v) is 43.6. The maximum absolute atomic E-state index is 14.1. The van der Waals surface area contributed by atoms with E-state index in [-0.39, 0.29) is 38.0 Å². The Balaban J connectivity index is 0.000000111. The number of unbranched alkanes of at least 4 members (excludes halogenated alkanes) is 1. The topological polar surface area (TPSA) is 9.23 Å². The van der Waals surface area contributed by atoms with Crippen molar-refractivity contribution in [3.05, 3.63) is 0 Å². The van der Waals surface area contributed by atoms with E-state index in [1.54, 1.807) is 6.42 Å². The Morgan fingerprint density at radius 2 is 1.03 bits per heavy atom. The van der Waals surface area contributed by atoms with Gasteiger partial charge in [0, 0.05) is 28.7 Å². The van der Waals surface area contributed by atoms with Gasteiger partial charge in [0.2, 0.25) is 0 Å². The van der Waals surface area contributed by atoms with Crippen LogP contribution >= 0.6 is 23.2 Å². The summed E-state index contributed by atoms with van der Waals surface area (Å²) in [5.41, 5.74) is 5.30. The third-order valence-corrected chi connectivity index (χ3v) is 33.8. The van der Waals surface area contributed by atoms with E-state index in [1.807, 2.05) is 7.11 Å². The molecular formula is C84H144Cl2F2O. The number of methoxy groups -OCH3 is 1. The van der Waals surface area contributed by atoms with Crippen LogP contribution in [0.2, 0.25) is 0 Å². The smallest absolute Gasteiger partial charge is 0.253 e. The molecule has 0 heterocycles. The third-order valence-electron chi connectivity index (χ3n) is 32.7. The SMILES string of the molecule is CC(C)(C)C12CC3CC(C1)C(F)(F)C(C3)C2.CC(C)C12CC3CC(CC(Cl)(C3)C1)C2.CC(C)C12CCCCC1C2.CC(C)C1C2CC3CC(C2)CC1(Cl)C3.CC(C)CCCCC12CCC(C(C)(C)C)(CC1)CC2.COC12CC3CC(C)(C1)CC(C(C)C)(C3)C2. The Bertz CT molecular complexity index is 2330. The van der Waals surface area contributed by atoms with Crippen LogP contribution in [0.3, 0.4) is 0 Å². The van der Waals surface area contributed by atoms with Gasteiger partial charge in [-0.05, 0) is 337 Å². The molecule has 0 radical (unpaired) electrons. The quantitative estimate of drug-likeness (QED) is 0.156. The molecule has 13 atom stereocenters. The van der Waals surface area contributed by atoms with E-state index in [9.17, 15) is 8.78 Å². The predicted molar refractivity (Wildman–Crippen MR) is 377 cm³/mol. The molecule has 1 nitrogen and oxygen atoms in total. The molecule has 21 saturated carbocycles. The molecule has 0 aromatic rings. The van der Waals surface area contributed by atoms with Gasteiger partial charge in [0.15, 0.2) is 0 Å². The largest absolute Gasteiger partial charge is 0.378 e. The number of alkyl halides is 4. The highest BCUT2D eigenvalue weighted by Crippen LogP contribution is 2.73. The van der Waals surface area contributed by atoms with Crippen molar-refractivity contribution < 1.29 is 13.5 Å². The fraction of sp³-hybridized carbons (Fsp3) is 1.00. The summed E-state index contributed by atoms with van der Waals surface area (Å²) in [6.07, 6.45) is 51.0. The van der Waals surface area contributed by atoms with E-state index in [0.29, 0.717) is 33.0 Å². The van der Waals surface area contributed by atoms with E-state index >= 15 is 0 Å². The molecule has 5 heteroatoms. The Morgan fingerprint density at radius 3 is 1.49 bits per heavy atom. The lowest BCUT2D eigenvalue weighted by Gasteiger charge is -2.66. The molecule has 89 heavy (non-hydrogen) atoms. The number of hydrogen-bond acceptors (Lipinski definition) is 1. The molecule has 13 unspecified atom stereocenters. The van der Waals surface area contributed by atoms with E-state index in [1.165, 1.54) is 205 Å².